The molecule has 2 fully saturated rings. The Labute approximate surface area is 65.8 Å². The van der Waals surface area contributed by atoms with Gasteiger partial charge in [-0.15, -0.1) is 0 Å². The van der Waals surface area contributed by atoms with Gasteiger partial charge in [-0.2, -0.15) is 0 Å². The normalized spacial score (nSPS) is 49.1. The molecule has 0 aromatic carbocycles. The predicted octanol–water partition coefficient (Wildman–Crippen LogP) is 0.0359. The van der Waals surface area contributed by atoms with Crippen molar-refractivity contribution in [3.05, 3.63) is 0 Å². The molecule has 0 spiro atoms. The Bertz CT molecular complexity index is 204. The van der Waals surface area contributed by atoms with Crippen LogP contribution in [0.1, 0.15) is 26.2 Å². The van der Waals surface area contributed by atoms with Crippen LogP contribution in [0, 0.1) is 5.92 Å². The van der Waals surface area contributed by atoms with E-state index < -0.39 is 0 Å². The van der Waals surface area contributed by atoms with Crippen molar-refractivity contribution in [1.82, 2.24) is 5.32 Å². The van der Waals surface area contributed by atoms with E-state index in [0.29, 0.717) is 6.42 Å². The summed E-state index contributed by atoms with van der Waals surface area (Å²) in [5, 5.41) is 12.3. The smallest absolute Gasteiger partial charge is 0.223 e. The zero-order chi connectivity index (χ0) is 8.06. The fourth-order valence-corrected chi connectivity index (χ4v) is 2.34. The number of hydrogen-bond donors (Lipinski definition) is 2. The lowest BCUT2D eigenvalue weighted by atomic mass is 9.80. The van der Waals surface area contributed by atoms with Gasteiger partial charge in [0.1, 0.15) is 0 Å². The van der Waals surface area contributed by atoms with Gasteiger partial charge in [0.2, 0.25) is 5.91 Å². The van der Waals surface area contributed by atoms with Crippen LogP contribution < -0.4 is 5.32 Å². The molecule has 1 saturated heterocycles. The Morgan fingerprint density at radius 1 is 1.64 bits per heavy atom. The molecule has 0 unspecified atom stereocenters. The summed E-state index contributed by atoms with van der Waals surface area (Å²) in [6.07, 6.45) is 2.00. The van der Waals surface area contributed by atoms with Crippen LogP contribution in [0.3, 0.4) is 0 Å². The number of aliphatic hydroxyl groups excluding tert-OH is 1. The molecule has 2 bridgehead atoms. The minimum Gasteiger partial charge on any atom is -0.393 e. The highest BCUT2D eigenvalue weighted by Gasteiger charge is 2.46. The van der Waals surface area contributed by atoms with Crippen LogP contribution in [0.4, 0.5) is 0 Å². The number of carbonyl (C=O) groups is 1. The Kier molecular flexibility index (Phi) is 1.27. The van der Waals surface area contributed by atoms with Crippen LogP contribution in [-0.4, -0.2) is 22.7 Å². The SMILES string of the molecule is C[C@@]12C[C@H](O)C[C@H](C1)C(=O)N2. The first kappa shape index (κ1) is 7.10. The van der Waals surface area contributed by atoms with E-state index in [1.54, 1.807) is 0 Å². The van der Waals surface area contributed by atoms with Gasteiger partial charge in [-0.25, -0.2) is 0 Å². The second-order valence-electron chi connectivity index (χ2n) is 4.04. The summed E-state index contributed by atoms with van der Waals surface area (Å²) in [4.78, 5) is 11.2. The Balaban J connectivity index is 2.23. The molecule has 2 rings (SSSR count). The second-order valence-corrected chi connectivity index (χ2v) is 4.04. The van der Waals surface area contributed by atoms with E-state index in [4.69, 9.17) is 0 Å². The van der Waals surface area contributed by atoms with E-state index in [1.165, 1.54) is 0 Å². The van der Waals surface area contributed by atoms with E-state index in [9.17, 15) is 9.90 Å². The molecule has 2 aliphatic rings. The van der Waals surface area contributed by atoms with Crippen molar-refractivity contribution in [2.45, 2.75) is 37.8 Å². The summed E-state index contributed by atoms with van der Waals surface area (Å²) in [5.74, 6) is 0.202. The maximum absolute atomic E-state index is 11.2. The van der Waals surface area contributed by atoms with E-state index >= 15 is 0 Å². The van der Waals surface area contributed by atoms with Crippen LogP contribution >= 0.6 is 0 Å². The van der Waals surface area contributed by atoms with Crippen molar-refractivity contribution in [3.63, 3.8) is 0 Å². The molecule has 0 radical (unpaired) electrons. The van der Waals surface area contributed by atoms with E-state index in [0.717, 1.165) is 12.8 Å². The second kappa shape index (κ2) is 1.97. The van der Waals surface area contributed by atoms with Gasteiger partial charge < -0.3 is 10.4 Å². The van der Waals surface area contributed by atoms with Crippen molar-refractivity contribution in [2.24, 2.45) is 5.92 Å². The van der Waals surface area contributed by atoms with Crippen LogP contribution in [0.15, 0.2) is 0 Å². The molecule has 2 N–H and O–H groups in total. The van der Waals surface area contributed by atoms with Gasteiger partial charge in [-0.3, -0.25) is 4.79 Å². The summed E-state index contributed by atoms with van der Waals surface area (Å²) >= 11 is 0. The standard InChI is InChI=1S/C8H13NO2/c1-8-3-5(7(11)9-8)2-6(10)4-8/h5-6,10H,2-4H2,1H3,(H,9,11)/t5-,6-,8+/m1/s1. The Morgan fingerprint density at radius 2 is 2.36 bits per heavy atom. The average Bonchev–Trinajstić information content (AvgIpc) is 2.01. The Morgan fingerprint density at radius 3 is 3.00 bits per heavy atom. The third kappa shape index (κ3) is 1.03. The maximum Gasteiger partial charge on any atom is 0.223 e. The molecule has 0 aromatic rings. The van der Waals surface area contributed by atoms with Gasteiger partial charge in [0.05, 0.1) is 6.10 Å². The highest BCUT2D eigenvalue weighted by Crippen LogP contribution is 2.37. The molecule has 11 heavy (non-hydrogen) atoms. The minimum atomic E-state index is -0.280. The molecule has 62 valence electrons. The van der Waals surface area contributed by atoms with Crippen molar-refractivity contribution >= 4 is 5.91 Å². The molecule has 3 heteroatoms. The summed E-state index contributed by atoms with van der Waals surface area (Å²) in [7, 11) is 0. The van der Waals surface area contributed by atoms with Gasteiger partial charge in [-0.1, -0.05) is 0 Å². The van der Waals surface area contributed by atoms with Crippen LogP contribution in [0.2, 0.25) is 0 Å². The fourth-order valence-electron chi connectivity index (χ4n) is 2.34. The van der Waals surface area contributed by atoms with Crippen LogP contribution in [-0.2, 0) is 4.79 Å². The van der Waals surface area contributed by atoms with Crippen molar-refractivity contribution < 1.29 is 9.90 Å². The van der Waals surface area contributed by atoms with Gasteiger partial charge >= 0.3 is 0 Å². The van der Waals surface area contributed by atoms with Gasteiger partial charge in [0.25, 0.3) is 0 Å². The number of rotatable bonds is 0. The van der Waals surface area contributed by atoms with Gasteiger partial charge in [0.15, 0.2) is 0 Å². The van der Waals surface area contributed by atoms with E-state index in [-0.39, 0.29) is 23.5 Å². The van der Waals surface area contributed by atoms with Gasteiger partial charge in [-0.05, 0) is 26.2 Å². The number of carbonyl (C=O) groups excluding carboxylic acids is 1. The maximum atomic E-state index is 11.2. The summed E-state index contributed by atoms with van der Waals surface area (Å²) < 4.78 is 0. The number of aliphatic hydroxyl groups is 1. The molecule has 3 nitrogen and oxygen atoms in total. The molecule has 1 heterocycles. The largest absolute Gasteiger partial charge is 0.393 e. The van der Waals surface area contributed by atoms with Crippen molar-refractivity contribution in [1.29, 1.82) is 0 Å². The third-order valence-electron chi connectivity index (χ3n) is 2.74. The first-order valence-corrected chi connectivity index (χ1v) is 4.09. The molecular weight excluding hydrogens is 142 g/mol. The zero-order valence-corrected chi connectivity index (χ0v) is 6.63. The average molecular weight is 155 g/mol. The van der Waals surface area contributed by atoms with Crippen LogP contribution in [0.5, 0.6) is 0 Å². The number of hydrogen-bond acceptors (Lipinski definition) is 2. The topological polar surface area (TPSA) is 49.3 Å². The monoisotopic (exact) mass is 155 g/mol. The number of amides is 1. The van der Waals surface area contributed by atoms with Crippen LogP contribution in [0.25, 0.3) is 0 Å². The minimum absolute atomic E-state index is 0.0729. The first-order valence-electron chi connectivity index (χ1n) is 4.09. The Hall–Kier alpha value is -0.570. The highest BCUT2D eigenvalue weighted by molar-refractivity contribution is 5.82. The zero-order valence-electron chi connectivity index (χ0n) is 6.63. The molecular formula is C8H13NO2. The lowest BCUT2D eigenvalue weighted by Crippen LogP contribution is -2.41. The van der Waals surface area contributed by atoms with Gasteiger partial charge in [0, 0.05) is 11.5 Å². The summed E-state index contributed by atoms with van der Waals surface area (Å²) in [6, 6.07) is 0. The molecule has 1 aliphatic carbocycles. The van der Waals surface area contributed by atoms with Crippen molar-refractivity contribution in [3.8, 4) is 0 Å². The number of nitrogens with one attached hydrogen (secondary N) is 1. The lowest BCUT2D eigenvalue weighted by Gasteiger charge is -2.30. The quantitative estimate of drug-likeness (QED) is 0.518. The lowest BCUT2D eigenvalue weighted by molar-refractivity contribution is -0.123. The molecule has 0 aromatic heterocycles. The molecule has 3 atom stereocenters. The first-order chi connectivity index (χ1) is 5.09. The summed E-state index contributed by atoms with van der Waals surface area (Å²) in [5.41, 5.74) is -0.112. The third-order valence-corrected chi connectivity index (χ3v) is 2.74. The van der Waals surface area contributed by atoms with E-state index in [2.05, 4.69) is 5.32 Å². The number of fused-ring (bicyclic) bond motifs is 2. The predicted molar refractivity (Wildman–Crippen MR) is 39.9 cm³/mol. The van der Waals surface area contributed by atoms with Crippen molar-refractivity contribution in [2.75, 3.05) is 0 Å². The van der Waals surface area contributed by atoms with E-state index in [1.807, 2.05) is 6.92 Å². The molecule has 1 aliphatic heterocycles. The molecule has 1 saturated carbocycles. The molecule has 1 amide bonds. The highest BCUT2D eigenvalue weighted by atomic mass is 16.3. The fraction of sp³-hybridized carbons (Fsp3) is 0.875. The summed E-state index contributed by atoms with van der Waals surface area (Å²) in [6.45, 7) is 2.01.